The molecule has 0 atom stereocenters. The maximum Gasteiger partial charge on any atom is 0.219 e. The molecule has 0 aliphatic rings. The first kappa shape index (κ1) is 14.5. The molecule has 0 bridgehead atoms. The van der Waals surface area contributed by atoms with E-state index in [1.807, 2.05) is 0 Å². The second kappa shape index (κ2) is 6.06. The molecule has 0 fully saturated rings. The molecule has 0 amide bonds. The van der Waals surface area contributed by atoms with E-state index in [0.717, 1.165) is 6.07 Å². The monoisotopic (exact) mass is 359 g/mol. The van der Waals surface area contributed by atoms with Gasteiger partial charge in [-0.05, 0) is 28.1 Å². The summed E-state index contributed by atoms with van der Waals surface area (Å²) in [6.07, 6.45) is 1.37. The number of hydrogen-bond donors (Lipinski definition) is 2. The summed E-state index contributed by atoms with van der Waals surface area (Å²) in [4.78, 5) is 3.97. The minimum Gasteiger partial charge on any atom is -0.438 e. The SMILES string of the molecule is N/C(=N/O)c1ccc(Oc2cc(F)c(Cl)cc2Br)nc1. The first-order chi connectivity index (χ1) is 9.51. The Morgan fingerprint density at radius 3 is 2.80 bits per heavy atom. The van der Waals surface area contributed by atoms with Crippen molar-refractivity contribution in [1.82, 2.24) is 4.98 Å². The predicted octanol–water partition coefficient (Wildman–Crippen LogP) is 3.52. The van der Waals surface area contributed by atoms with Crippen LogP contribution < -0.4 is 10.5 Å². The van der Waals surface area contributed by atoms with Gasteiger partial charge in [0.05, 0.1) is 9.50 Å². The van der Waals surface area contributed by atoms with Crippen LogP contribution in [0.3, 0.4) is 0 Å². The van der Waals surface area contributed by atoms with E-state index in [1.54, 1.807) is 6.07 Å². The third-order valence-corrected chi connectivity index (χ3v) is 3.24. The predicted molar refractivity (Wildman–Crippen MR) is 75.9 cm³/mol. The van der Waals surface area contributed by atoms with E-state index in [-0.39, 0.29) is 22.5 Å². The number of halogens is 3. The maximum absolute atomic E-state index is 13.4. The maximum atomic E-state index is 13.4. The molecule has 0 aliphatic carbocycles. The molecule has 0 saturated carbocycles. The molecule has 2 rings (SSSR count). The molecule has 0 unspecified atom stereocenters. The molecule has 0 spiro atoms. The highest BCUT2D eigenvalue weighted by Crippen LogP contribution is 2.33. The molecule has 0 radical (unpaired) electrons. The van der Waals surface area contributed by atoms with Crippen LogP contribution in [0.2, 0.25) is 5.02 Å². The Morgan fingerprint density at radius 1 is 1.45 bits per heavy atom. The second-order valence-electron chi connectivity index (χ2n) is 3.67. The zero-order valence-electron chi connectivity index (χ0n) is 9.85. The molecule has 20 heavy (non-hydrogen) atoms. The van der Waals surface area contributed by atoms with Crippen LogP contribution in [0.15, 0.2) is 40.1 Å². The standard InChI is InChI=1S/C12H8BrClFN3O2/c13-7-3-8(14)9(15)4-10(7)20-11-2-1-6(5-17-11)12(16)18-19/h1-5,19H,(H2,16,18). The molecular formula is C12H8BrClFN3O2. The number of benzene rings is 1. The first-order valence-electron chi connectivity index (χ1n) is 5.27. The molecule has 3 N–H and O–H groups in total. The molecule has 5 nitrogen and oxygen atoms in total. The van der Waals surface area contributed by atoms with E-state index >= 15 is 0 Å². The molecule has 8 heteroatoms. The molecule has 1 aromatic carbocycles. The third-order valence-electron chi connectivity index (χ3n) is 2.33. The average Bonchev–Trinajstić information content (AvgIpc) is 2.44. The van der Waals surface area contributed by atoms with Gasteiger partial charge in [-0.2, -0.15) is 0 Å². The third kappa shape index (κ3) is 3.17. The van der Waals surface area contributed by atoms with Crippen LogP contribution in [0.25, 0.3) is 0 Å². The topological polar surface area (TPSA) is 80.7 Å². The molecule has 0 aliphatic heterocycles. The van der Waals surface area contributed by atoms with Crippen molar-refractivity contribution in [1.29, 1.82) is 0 Å². The Hall–Kier alpha value is -1.86. The summed E-state index contributed by atoms with van der Waals surface area (Å²) in [5, 5.41) is 11.4. The lowest BCUT2D eigenvalue weighted by Gasteiger charge is -2.08. The Bertz CT molecular complexity index is 664. The van der Waals surface area contributed by atoms with Crippen LogP contribution in [0.4, 0.5) is 4.39 Å². The van der Waals surface area contributed by atoms with Gasteiger partial charge in [-0.1, -0.05) is 16.8 Å². The summed E-state index contributed by atoms with van der Waals surface area (Å²) in [7, 11) is 0. The largest absolute Gasteiger partial charge is 0.438 e. The van der Waals surface area contributed by atoms with Gasteiger partial charge < -0.3 is 15.7 Å². The average molecular weight is 361 g/mol. The van der Waals surface area contributed by atoms with Gasteiger partial charge in [0.25, 0.3) is 0 Å². The number of nitrogens with zero attached hydrogens (tertiary/aromatic N) is 2. The number of aromatic nitrogens is 1. The minimum absolute atomic E-state index is 0.0144. The van der Waals surface area contributed by atoms with Gasteiger partial charge in [0.15, 0.2) is 5.84 Å². The fourth-order valence-corrected chi connectivity index (χ4v) is 2.06. The number of pyridine rings is 1. The summed E-state index contributed by atoms with van der Waals surface area (Å²) in [6.45, 7) is 0. The van der Waals surface area contributed by atoms with Gasteiger partial charge in [-0.25, -0.2) is 9.37 Å². The van der Waals surface area contributed by atoms with E-state index in [0.29, 0.717) is 10.0 Å². The Kier molecular flexibility index (Phi) is 4.41. The van der Waals surface area contributed by atoms with Crippen molar-refractivity contribution in [2.45, 2.75) is 0 Å². The fourth-order valence-electron chi connectivity index (χ4n) is 1.35. The minimum atomic E-state index is -0.599. The number of amidine groups is 1. The van der Waals surface area contributed by atoms with E-state index < -0.39 is 5.82 Å². The fraction of sp³-hybridized carbons (Fsp3) is 0. The van der Waals surface area contributed by atoms with E-state index in [9.17, 15) is 4.39 Å². The first-order valence-corrected chi connectivity index (χ1v) is 6.44. The van der Waals surface area contributed by atoms with E-state index in [2.05, 4.69) is 26.1 Å². The van der Waals surface area contributed by atoms with Crippen molar-refractivity contribution in [3.8, 4) is 11.6 Å². The molecule has 2 aromatic rings. The summed E-state index contributed by atoms with van der Waals surface area (Å²) in [5.41, 5.74) is 5.84. The Labute approximate surface area is 127 Å². The molecule has 1 heterocycles. The molecule has 104 valence electrons. The van der Waals surface area contributed by atoms with Gasteiger partial charge in [0.1, 0.15) is 11.6 Å². The zero-order valence-corrected chi connectivity index (χ0v) is 12.2. The van der Waals surface area contributed by atoms with Crippen LogP contribution in [-0.4, -0.2) is 16.0 Å². The number of rotatable bonds is 3. The highest BCUT2D eigenvalue weighted by molar-refractivity contribution is 9.10. The van der Waals surface area contributed by atoms with E-state index in [4.69, 9.17) is 27.3 Å². The molecular weight excluding hydrogens is 353 g/mol. The highest BCUT2D eigenvalue weighted by Gasteiger charge is 2.10. The van der Waals surface area contributed by atoms with Gasteiger partial charge in [0, 0.05) is 23.9 Å². The second-order valence-corrected chi connectivity index (χ2v) is 4.93. The molecule has 1 aromatic heterocycles. The smallest absolute Gasteiger partial charge is 0.219 e. The van der Waals surface area contributed by atoms with Crippen LogP contribution in [0.5, 0.6) is 11.6 Å². The summed E-state index contributed by atoms with van der Waals surface area (Å²) in [6, 6.07) is 5.59. The molecule has 0 saturated heterocycles. The van der Waals surface area contributed by atoms with Crippen LogP contribution in [0.1, 0.15) is 5.56 Å². The van der Waals surface area contributed by atoms with Gasteiger partial charge in [-0.3, -0.25) is 0 Å². The summed E-state index contributed by atoms with van der Waals surface area (Å²) < 4.78 is 19.3. The lowest BCUT2D eigenvalue weighted by molar-refractivity contribution is 0.318. The Balaban J connectivity index is 2.24. The number of hydrogen-bond acceptors (Lipinski definition) is 4. The van der Waals surface area contributed by atoms with Crippen LogP contribution >= 0.6 is 27.5 Å². The van der Waals surface area contributed by atoms with Gasteiger partial charge in [-0.15, -0.1) is 0 Å². The van der Waals surface area contributed by atoms with Crippen molar-refractivity contribution in [3.05, 3.63) is 51.3 Å². The number of ether oxygens (including phenoxy) is 1. The van der Waals surface area contributed by atoms with Gasteiger partial charge >= 0.3 is 0 Å². The van der Waals surface area contributed by atoms with Crippen LogP contribution in [-0.2, 0) is 0 Å². The summed E-state index contributed by atoms with van der Waals surface area (Å²) in [5.74, 6) is -0.209. The quantitative estimate of drug-likeness (QED) is 0.288. The van der Waals surface area contributed by atoms with Crippen LogP contribution in [0, 0.1) is 5.82 Å². The highest BCUT2D eigenvalue weighted by atomic mass is 79.9. The number of nitrogens with two attached hydrogens (primary N) is 1. The van der Waals surface area contributed by atoms with Crippen molar-refractivity contribution in [3.63, 3.8) is 0 Å². The van der Waals surface area contributed by atoms with E-state index in [1.165, 1.54) is 18.3 Å². The summed E-state index contributed by atoms with van der Waals surface area (Å²) >= 11 is 8.85. The zero-order chi connectivity index (χ0) is 14.7. The van der Waals surface area contributed by atoms with Crippen molar-refractivity contribution in [2.24, 2.45) is 10.9 Å². The van der Waals surface area contributed by atoms with Crippen molar-refractivity contribution in [2.75, 3.05) is 0 Å². The van der Waals surface area contributed by atoms with Crippen molar-refractivity contribution < 1.29 is 14.3 Å². The van der Waals surface area contributed by atoms with Gasteiger partial charge in [0.2, 0.25) is 5.88 Å². The lowest BCUT2D eigenvalue weighted by Crippen LogP contribution is -2.13. The lowest BCUT2D eigenvalue weighted by atomic mass is 10.3. The Morgan fingerprint density at radius 2 is 2.20 bits per heavy atom. The normalized spacial score (nSPS) is 11.4. The number of oxime groups is 1. The van der Waals surface area contributed by atoms with Crippen molar-refractivity contribution >= 4 is 33.4 Å².